The number of para-hydroxylation sites is 1. The van der Waals surface area contributed by atoms with Crippen molar-refractivity contribution in [1.82, 2.24) is 4.90 Å². The Bertz CT molecular complexity index is 505. The Balaban J connectivity index is 2.64. The summed E-state index contributed by atoms with van der Waals surface area (Å²) in [5.41, 5.74) is 5.57. The lowest BCUT2D eigenvalue weighted by Gasteiger charge is -2.18. The van der Waals surface area contributed by atoms with E-state index in [1.165, 1.54) is 0 Å². The van der Waals surface area contributed by atoms with Gasteiger partial charge in [-0.3, -0.25) is 19.3 Å². The summed E-state index contributed by atoms with van der Waals surface area (Å²) < 4.78 is 0.702. The Kier molecular flexibility index (Phi) is 6.13. The molecule has 0 heterocycles. The van der Waals surface area contributed by atoms with Gasteiger partial charge < -0.3 is 16.2 Å². The number of hydrogen-bond acceptors (Lipinski definition) is 4. The fourth-order valence-electron chi connectivity index (χ4n) is 1.53. The number of anilines is 1. The number of amides is 2. The highest BCUT2D eigenvalue weighted by Gasteiger charge is 2.16. The average Bonchev–Trinajstić information content (AvgIpc) is 2.30. The number of nitrogens with two attached hydrogens (primary N) is 1. The van der Waals surface area contributed by atoms with Gasteiger partial charge in [-0.15, -0.1) is 0 Å². The van der Waals surface area contributed by atoms with Crippen molar-refractivity contribution in [3.05, 3.63) is 28.7 Å². The number of primary amides is 1. The van der Waals surface area contributed by atoms with Crippen molar-refractivity contribution in [2.75, 3.05) is 25.0 Å². The van der Waals surface area contributed by atoms with Gasteiger partial charge in [0.15, 0.2) is 0 Å². The minimum Gasteiger partial charge on any atom is -0.480 e. The summed E-state index contributed by atoms with van der Waals surface area (Å²) in [4.78, 5) is 34.5. The second-order valence-corrected chi connectivity index (χ2v) is 4.89. The van der Waals surface area contributed by atoms with Crippen LogP contribution in [0.4, 0.5) is 5.69 Å². The van der Waals surface area contributed by atoms with Crippen molar-refractivity contribution in [2.24, 2.45) is 5.73 Å². The van der Waals surface area contributed by atoms with Crippen molar-refractivity contribution >= 4 is 39.4 Å². The van der Waals surface area contributed by atoms with E-state index in [4.69, 9.17) is 10.8 Å². The molecule has 0 unspecified atom stereocenters. The molecule has 0 spiro atoms. The zero-order valence-corrected chi connectivity index (χ0v) is 12.1. The molecular weight excluding hydrogens is 330 g/mol. The van der Waals surface area contributed by atoms with Gasteiger partial charge in [0.2, 0.25) is 11.8 Å². The van der Waals surface area contributed by atoms with E-state index in [1.54, 1.807) is 24.3 Å². The van der Waals surface area contributed by atoms with E-state index in [0.717, 1.165) is 4.90 Å². The first-order valence-electron chi connectivity index (χ1n) is 5.65. The van der Waals surface area contributed by atoms with Crippen LogP contribution in [0.25, 0.3) is 0 Å². The Morgan fingerprint density at radius 3 is 2.40 bits per heavy atom. The molecule has 1 rings (SSSR count). The zero-order valence-electron chi connectivity index (χ0n) is 10.5. The first-order valence-corrected chi connectivity index (χ1v) is 6.44. The number of nitrogens with zero attached hydrogens (tertiary/aromatic N) is 1. The van der Waals surface area contributed by atoms with Crippen LogP contribution in [0.5, 0.6) is 0 Å². The van der Waals surface area contributed by atoms with Gasteiger partial charge >= 0.3 is 5.97 Å². The lowest BCUT2D eigenvalue weighted by atomic mass is 10.3. The predicted molar refractivity (Wildman–Crippen MR) is 76.0 cm³/mol. The van der Waals surface area contributed by atoms with E-state index < -0.39 is 24.3 Å². The molecule has 0 aliphatic carbocycles. The Morgan fingerprint density at radius 1 is 1.20 bits per heavy atom. The van der Waals surface area contributed by atoms with Crippen LogP contribution in [0.3, 0.4) is 0 Å². The summed E-state index contributed by atoms with van der Waals surface area (Å²) in [7, 11) is 0. The summed E-state index contributed by atoms with van der Waals surface area (Å²) >= 11 is 3.28. The van der Waals surface area contributed by atoms with Crippen LogP contribution < -0.4 is 11.1 Å². The fourth-order valence-corrected chi connectivity index (χ4v) is 1.92. The van der Waals surface area contributed by atoms with Crippen molar-refractivity contribution < 1.29 is 19.5 Å². The molecule has 0 aliphatic heterocycles. The van der Waals surface area contributed by atoms with Crippen molar-refractivity contribution in [1.29, 1.82) is 0 Å². The molecule has 0 atom stereocenters. The third kappa shape index (κ3) is 5.81. The monoisotopic (exact) mass is 343 g/mol. The summed E-state index contributed by atoms with van der Waals surface area (Å²) in [6, 6.07) is 6.99. The third-order valence-electron chi connectivity index (χ3n) is 2.25. The molecule has 1 aromatic rings. The van der Waals surface area contributed by atoms with Gasteiger partial charge in [-0.2, -0.15) is 0 Å². The van der Waals surface area contributed by atoms with Crippen molar-refractivity contribution in [3.63, 3.8) is 0 Å². The lowest BCUT2D eigenvalue weighted by molar-refractivity contribution is -0.138. The molecule has 2 amide bonds. The van der Waals surface area contributed by atoms with Crippen LogP contribution in [-0.2, 0) is 14.4 Å². The van der Waals surface area contributed by atoms with E-state index in [0.29, 0.717) is 10.2 Å². The highest BCUT2D eigenvalue weighted by molar-refractivity contribution is 9.10. The number of benzene rings is 1. The van der Waals surface area contributed by atoms with Crippen LogP contribution in [0.2, 0.25) is 0 Å². The number of carboxylic acid groups (broad SMARTS) is 1. The second-order valence-electron chi connectivity index (χ2n) is 4.03. The maximum atomic E-state index is 11.8. The molecule has 108 valence electrons. The van der Waals surface area contributed by atoms with Gasteiger partial charge in [0.1, 0.15) is 0 Å². The number of rotatable bonds is 7. The summed E-state index contributed by atoms with van der Waals surface area (Å²) in [6.45, 7) is -0.974. The molecule has 7 nitrogen and oxygen atoms in total. The fraction of sp³-hybridized carbons (Fsp3) is 0.250. The molecule has 1 aromatic carbocycles. The Morgan fingerprint density at radius 2 is 1.85 bits per heavy atom. The van der Waals surface area contributed by atoms with Gasteiger partial charge in [0, 0.05) is 4.47 Å². The minimum absolute atomic E-state index is 0.240. The van der Waals surface area contributed by atoms with E-state index in [2.05, 4.69) is 21.2 Å². The molecule has 8 heteroatoms. The SMILES string of the molecule is NC(=O)CN(CC(=O)O)CC(=O)Nc1ccccc1Br. The van der Waals surface area contributed by atoms with Gasteiger partial charge in [0.25, 0.3) is 0 Å². The van der Waals surface area contributed by atoms with Gasteiger partial charge in [0.05, 0.1) is 25.3 Å². The largest absolute Gasteiger partial charge is 0.480 e. The topological polar surface area (TPSA) is 113 Å². The molecule has 4 N–H and O–H groups in total. The number of nitrogens with one attached hydrogen (secondary N) is 1. The van der Waals surface area contributed by atoms with Crippen LogP contribution in [0, 0.1) is 0 Å². The zero-order chi connectivity index (χ0) is 15.1. The third-order valence-corrected chi connectivity index (χ3v) is 2.94. The molecular formula is C12H14BrN3O4. The number of halogens is 1. The minimum atomic E-state index is -1.14. The quantitative estimate of drug-likeness (QED) is 0.657. The summed E-state index contributed by atoms with van der Waals surface area (Å²) in [5, 5.41) is 11.3. The first kappa shape index (κ1) is 16.1. The first-order chi connectivity index (χ1) is 9.38. The van der Waals surface area contributed by atoms with Crippen LogP contribution in [0.1, 0.15) is 0 Å². The van der Waals surface area contributed by atoms with Crippen LogP contribution in [-0.4, -0.2) is 47.4 Å². The van der Waals surface area contributed by atoms with Gasteiger partial charge in [-0.05, 0) is 28.1 Å². The number of carboxylic acids is 1. The normalized spacial score (nSPS) is 10.3. The number of carbonyl (C=O) groups is 3. The molecule has 0 fully saturated rings. The molecule has 20 heavy (non-hydrogen) atoms. The maximum Gasteiger partial charge on any atom is 0.317 e. The molecule has 0 saturated carbocycles. The summed E-state index contributed by atoms with van der Waals surface area (Å²) in [5.74, 6) is -2.26. The number of hydrogen-bond donors (Lipinski definition) is 3. The second kappa shape index (κ2) is 7.61. The summed E-state index contributed by atoms with van der Waals surface area (Å²) in [6.07, 6.45) is 0. The maximum absolute atomic E-state index is 11.8. The molecule has 0 saturated heterocycles. The van der Waals surface area contributed by atoms with E-state index in [-0.39, 0.29) is 13.1 Å². The predicted octanol–water partition coefficient (Wildman–Crippen LogP) is 0.260. The molecule has 0 aromatic heterocycles. The number of carbonyl (C=O) groups excluding carboxylic acids is 2. The molecule has 0 bridgehead atoms. The van der Waals surface area contributed by atoms with E-state index >= 15 is 0 Å². The van der Waals surface area contributed by atoms with Crippen LogP contribution in [0.15, 0.2) is 28.7 Å². The highest BCUT2D eigenvalue weighted by atomic mass is 79.9. The molecule has 0 radical (unpaired) electrons. The highest BCUT2D eigenvalue weighted by Crippen LogP contribution is 2.20. The van der Waals surface area contributed by atoms with E-state index in [9.17, 15) is 14.4 Å². The lowest BCUT2D eigenvalue weighted by Crippen LogP contribution is -2.41. The van der Waals surface area contributed by atoms with E-state index in [1.807, 2.05) is 0 Å². The van der Waals surface area contributed by atoms with Gasteiger partial charge in [-0.1, -0.05) is 12.1 Å². The average molecular weight is 344 g/mol. The number of aliphatic carboxylic acids is 1. The standard InChI is InChI=1S/C12H14BrN3O4/c13-8-3-1-2-4-9(8)15-11(18)6-16(5-10(14)17)7-12(19)20/h1-4H,5-7H2,(H2,14,17)(H,15,18)(H,19,20). The van der Waals surface area contributed by atoms with Gasteiger partial charge in [-0.25, -0.2) is 0 Å². The molecule has 0 aliphatic rings. The smallest absolute Gasteiger partial charge is 0.317 e. The Labute approximate surface area is 123 Å². The Hall–Kier alpha value is -1.93. The van der Waals surface area contributed by atoms with Crippen LogP contribution >= 0.6 is 15.9 Å². The van der Waals surface area contributed by atoms with Crippen molar-refractivity contribution in [2.45, 2.75) is 0 Å². The van der Waals surface area contributed by atoms with Crippen molar-refractivity contribution in [3.8, 4) is 0 Å².